The van der Waals surface area contributed by atoms with Gasteiger partial charge in [-0.3, -0.25) is 0 Å². The minimum atomic E-state index is 0. The first kappa shape index (κ1) is 22.0. The molecule has 0 aliphatic heterocycles. The summed E-state index contributed by atoms with van der Waals surface area (Å²) < 4.78 is 5.91. The lowest BCUT2D eigenvalue weighted by molar-refractivity contribution is 0.272. The molecule has 0 aliphatic rings. The molecule has 0 fully saturated rings. The first-order chi connectivity index (χ1) is 13.2. The lowest BCUT2D eigenvalue weighted by atomic mass is 9.88. The van der Waals surface area contributed by atoms with E-state index < -0.39 is 0 Å². The molecule has 0 aromatic heterocycles. The van der Waals surface area contributed by atoms with Crippen molar-refractivity contribution in [1.82, 2.24) is 5.32 Å². The standard InChI is InChI=1S/C25H29NO.ClH/c1-20-10-9-15-24(18-20)27-19-21(2)26-17-16-25(22-11-5-3-6-12-22)23-13-7-4-8-14-23;/h3-15,18,21,25-26H,16-17,19H2,1-2H3;1H. The highest BCUT2D eigenvalue weighted by Gasteiger charge is 2.14. The van der Waals surface area contributed by atoms with E-state index in [1.54, 1.807) is 0 Å². The van der Waals surface area contributed by atoms with Crippen molar-refractivity contribution in [3.63, 3.8) is 0 Å². The van der Waals surface area contributed by atoms with Crippen molar-refractivity contribution in [1.29, 1.82) is 0 Å². The molecule has 3 aromatic rings. The largest absolute Gasteiger partial charge is 0.492 e. The molecule has 0 saturated heterocycles. The van der Waals surface area contributed by atoms with Gasteiger partial charge in [-0.25, -0.2) is 0 Å². The molecule has 3 heteroatoms. The molecule has 0 heterocycles. The molecule has 1 atom stereocenters. The number of benzene rings is 3. The van der Waals surface area contributed by atoms with Gasteiger partial charge >= 0.3 is 0 Å². The Balaban J connectivity index is 0.00000280. The maximum absolute atomic E-state index is 5.91. The second-order valence-corrected chi connectivity index (χ2v) is 7.15. The van der Waals surface area contributed by atoms with E-state index >= 15 is 0 Å². The van der Waals surface area contributed by atoms with Gasteiger partial charge in [-0.1, -0.05) is 72.8 Å². The minimum absolute atomic E-state index is 0. The quantitative estimate of drug-likeness (QED) is 0.480. The number of hydrogen-bond acceptors (Lipinski definition) is 2. The van der Waals surface area contributed by atoms with Crippen LogP contribution in [0.2, 0.25) is 0 Å². The smallest absolute Gasteiger partial charge is 0.119 e. The van der Waals surface area contributed by atoms with E-state index in [9.17, 15) is 0 Å². The van der Waals surface area contributed by atoms with E-state index in [-0.39, 0.29) is 12.4 Å². The third-order valence-electron chi connectivity index (χ3n) is 4.82. The maximum atomic E-state index is 5.91. The molecule has 148 valence electrons. The lowest BCUT2D eigenvalue weighted by Gasteiger charge is -2.20. The molecule has 1 unspecified atom stereocenters. The predicted molar refractivity (Wildman–Crippen MR) is 121 cm³/mol. The minimum Gasteiger partial charge on any atom is -0.492 e. The SMILES string of the molecule is Cc1cccc(OCC(C)NCCC(c2ccccc2)c2ccccc2)c1.Cl. The number of rotatable bonds is 9. The van der Waals surface area contributed by atoms with E-state index in [1.807, 2.05) is 12.1 Å². The molecule has 0 aliphatic carbocycles. The van der Waals surface area contributed by atoms with Gasteiger partial charge in [0.1, 0.15) is 12.4 Å². The number of ether oxygens (including phenoxy) is 1. The Morgan fingerprint density at radius 3 is 2.00 bits per heavy atom. The molecule has 1 N–H and O–H groups in total. The van der Waals surface area contributed by atoms with Crippen LogP contribution in [0, 0.1) is 6.92 Å². The van der Waals surface area contributed by atoms with Gasteiger partial charge in [0, 0.05) is 12.0 Å². The first-order valence-corrected chi connectivity index (χ1v) is 9.75. The molecular weight excluding hydrogens is 366 g/mol. The third-order valence-corrected chi connectivity index (χ3v) is 4.82. The zero-order valence-corrected chi connectivity index (χ0v) is 17.5. The van der Waals surface area contributed by atoms with Gasteiger partial charge in [-0.05, 0) is 55.6 Å². The van der Waals surface area contributed by atoms with Crippen LogP contribution in [-0.4, -0.2) is 19.2 Å². The molecule has 28 heavy (non-hydrogen) atoms. The molecule has 0 spiro atoms. The van der Waals surface area contributed by atoms with E-state index in [4.69, 9.17) is 4.74 Å². The normalized spacial score (nSPS) is 11.7. The van der Waals surface area contributed by atoms with Gasteiger partial charge < -0.3 is 10.1 Å². The summed E-state index contributed by atoms with van der Waals surface area (Å²) in [6.45, 7) is 5.88. The van der Waals surface area contributed by atoms with Gasteiger partial charge in [0.05, 0.1) is 0 Å². The molecular formula is C25H30ClNO. The number of halogens is 1. The van der Waals surface area contributed by atoms with Crippen LogP contribution in [0.4, 0.5) is 0 Å². The van der Waals surface area contributed by atoms with Gasteiger partial charge in [0.25, 0.3) is 0 Å². The zero-order chi connectivity index (χ0) is 18.9. The van der Waals surface area contributed by atoms with Crippen LogP contribution < -0.4 is 10.1 Å². The van der Waals surface area contributed by atoms with Gasteiger partial charge in [-0.15, -0.1) is 12.4 Å². The van der Waals surface area contributed by atoms with Crippen LogP contribution in [0.15, 0.2) is 84.9 Å². The molecule has 0 radical (unpaired) electrons. The average molecular weight is 396 g/mol. The van der Waals surface area contributed by atoms with Crippen LogP contribution >= 0.6 is 12.4 Å². The molecule has 0 bridgehead atoms. The van der Waals surface area contributed by atoms with Crippen molar-refractivity contribution in [3.8, 4) is 5.75 Å². The van der Waals surface area contributed by atoms with Crippen molar-refractivity contribution in [2.24, 2.45) is 0 Å². The number of nitrogens with one attached hydrogen (secondary N) is 1. The zero-order valence-electron chi connectivity index (χ0n) is 16.7. The van der Waals surface area contributed by atoms with Gasteiger partial charge in [0.15, 0.2) is 0 Å². The van der Waals surface area contributed by atoms with Crippen LogP contribution in [0.5, 0.6) is 5.75 Å². The molecule has 0 saturated carbocycles. The van der Waals surface area contributed by atoms with E-state index in [1.165, 1.54) is 16.7 Å². The Morgan fingerprint density at radius 1 is 0.821 bits per heavy atom. The van der Waals surface area contributed by atoms with Crippen molar-refractivity contribution in [2.45, 2.75) is 32.2 Å². The Bertz CT molecular complexity index is 768. The van der Waals surface area contributed by atoms with E-state index in [0.29, 0.717) is 18.6 Å². The average Bonchev–Trinajstić information content (AvgIpc) is 2.71. The van der Waals surface area contributed by atoms with Crippen LogP contribution in [-0.2, 0) is 0 Å². The second-order valence-electron chi connectivity index (χ2n) is 7.15. The van der Waals surface area contributed by atoms with Crippen molar-refractivity contribution in [2.75, 3.05) is 13.2 Å². The van der Waals surface area contributed by atoms with Crippen molar-refractivity contribution >= 4 is 12.4 Å². The summed E-state index contributed by atoms with van der Waals surface area (Å²) in [5.74, 6) is 1.35. The highest BCUT2D eigenvalue weighted by molar-refractivity contribution is 5.85. The van der Waals surface area contributed by atoms with Crippen molar-refractivity contribution < 1.29 is 4.74 Å². The summed E-state index contributed by atoms with van der Waals surface area (Å²) in [7, 11) is 0. The maximum Gasteiger partial charge on any atom is 0.119 e. The van der Waals surface area contributed by atoms with E-state index in [2.05, 4.69) is 92.0 Å². The Kier molecular flexibility index (Phi) is 9.06. The van der Waals surface area contributed by atoms with Gasteiger partial charge in [-0.2, -0.15) is 0 Å². The fourth-order valence-electron chi connectivity index (χ4n) is 3.36. The summed E-state index contributed by atoms with van der Waals surface area (Å²) in [5.41, 5.74) is 3.96. The van der Waals surface area contributed by atoms with Gasteiger partial charge in [0.2, 0.25) is 0 Å². The fourth-order valence-corrected chi connectivity index (χ4v) is 3.36. The highest BCUT2D eigenvalue weighted by atomic mass is 35.5. The lowest BCUT2D eigenvalue weighted by Crippen LogP contribution is -2.33. The summed E-state index contributed by atoms with van der Waals surface area (Å²) in [6.07, 6.45) is 1.06. The highest BCUT2D eigenvalue weighted by Crippen LogP contribution is 2.27. The fraction of sp³-hybridized carbons (Fsp3) is 0.280. The molecule has 3 aromatic carbocycles. The summed E-state index contributed by atoms with van der Waals surface area (Å²) >= 11 is 0. The van der Waals surface area contributed by atoms with Crippen molar-refractivity contribution in [3.05, 3.63) is 102 Å². The molecule has 0 amide bonds. The van der Waals surface area contributed by atoms with Crippen LogP contribution in [0.1, 0.15) is 36.0 Å². The molecule has 2 nitrogen and oxygen atoms in total. The predicted octanol–water partition coefficient (Wildman–Crippen LogP) is 6.00. The number of aryl methyl sites for hydroxylation is 1. The van der Waals surface area contributed by atoms with Crippen LogP contribution in [0.3, 0.4) is 0 Å². The summed E-state index contributed by atoms with van der Waals surface area (Å²) in [6, 6.07) is 30.1. The Hall–Kier alpha value is -2.29. The number of hydrogen-bond donors (Lipinski definition) is 1. The summed E-state index contributed by atoms with van der Waals surface area (Å²) in [5, 5.41) is 3.61. The van der Waals surface area contributed by atoms with Crippen LogP contribution in [0.25, 0.3) is 0 Å². The summed E-state index contributed by atoms with van der Waals surface area (Å²) in [4.78, 5) is 0. The Morgan fingerprint density at radius 2 is 1.43 bits per heavy atom. The third kappa shape index (κ3) is 6.70. The second kappa shape index (κ2) is 11.5. The first-order valence-electron chi connectivity index (χ1n) is 9.75. The monoisotopic (exact) mass is 395 g/mol. The van der Waals surface area contributed by atoms with E-state index in [0.717, 1.165) is 18.7 Å². The Labute approximate surface area is 175 Å². The topological polar surface area (TPSA) is 21.3 Å². The molecule has 3 rings (SSSR count).